The van der Waals surface area contributed by atoms with Gasteiger partial charge in [-0.1, -0.05) is 0 Å². The number of rotatable bonds is 2. The maximum atomic E-state index is 12.4. The number of amides is 2. The number of carboxylic acid groups (broad SMARTS) is 1. The molecule has 0 aromatic heterocycles. The number of morpholine rings is 1. The lowest BCUT2D eigenvalue weighted by Gasteiger charge is -2.39. The number of ether oxygens (including phenoxy) is 1. The van der Waals surface area contributed by atoms with Crippen LogP contribution in [0.3, 0.4) is 0 Å². The van der Waals surface area contributed by atoms with Crippen LogP contribution in [0, 0.1) is 0 Å². The molecule has 0 radical (unpaired) electrons. The molecule has 0 aromatic rings. The van der Waals surface area contributed by atoms with Crippen molar-refractivity contribution in [1.82, 2.24) is 9.80 Å². The highest BCUT2D eigenvalue weighted by Gasteiger charge is 2.33. The van der Waals surface area contributed by atoms with Gasteiger partial charge in [-0.05, 0) is 0 Å². The fourth-order valence-corrected chi connectivity index (χ4v) is 3.34. The van der Waals surface area contributed by atoms with Crippen molar-refractivity contribution in [3.8, 4) is 0 Å². The van der Waals surface area contributed by atoms with Crippen LogP contribution in [0.15, 0.2) is 0 Å². The molecule has 0 bridgehead atoms. The Morgan fingerprint density at radius 1 is 1.26 bits per heavy atom. The molecule has 1 N–H and O–H groups in total. The maximum absolute atomic E-state index is 12.4. The van der Waals surface area contributed by atoms with Gasteiger partial charge < -0.3 is 19.6 Å². The number of carbonyl (C=O) groups excluding carboxylic acids is 1. The lowest BCUT2D eigenvalue weighted by atomic mass is 10.1. The van der Waals surface area contributed by atoms with Gasteiger partial charge in [-0.3, -0.25) is 9.00 Å². The standard InChI is InChI=1S/C11H18N2O5S/c14-10(15)7-9-8-18-4-1-13(9)11(16)12-2-5-19(17)6-3-12/h9H,1-8H2,(H,14,15). The van der Waals surface area contributed by atoms with Gasteiger partial charge in [-0.15, -0.1) is 0 Å². The van der Waals surface area contributed by atoms with E-state index < -0.39 is 22.8 Å². The molecule has 2 rings (SSSR count). The number of carbonyl (C=O) groups is 2. The maximum Gasteiger partial charge on any atom is 0.320 e. The van der Waals surface area contributed by atoms with Gasteiger partial charge in [0.15, 0.2) is 0 Å². The van der Waals surface area contributed by atoms with Crippen LogP contribution in [0.2, 0.25) is 0 Å². The lowest BCUT2D eigenvalue weighted by Crippen LogP contribution is -2.56. The van der Waals surface area contributed by atoms with E-state index in [9.17, 15) is 13.8 Å². The van der Waals surface area contributed by atoms with Crippen LogP contribution in [-0.2, 0) is 20.3 Å². The Morgan fingerprint density at radius 3 is 2.58 bits per heavy atom. The van der Waals surface area contributed by atoms with Crippen LogP contribution in [0.4, 0.5) is 4.79 Å². The molecule has 2 aliphatic rings. The molecule has 19 heavy (non-hydrogen) atoms. The summed E-state index contributed by atoms with van der Waals surface area (Å²) >= 11 is 0. The van der Waals surface area contributed by atoms with Gasteiger partial charge in [0.25, 0.3) is 0 Å². The largest absolute Gasteiger partial charge is 0.481 e. The second-order valence-electron chi connectivity index (χ2n) is 4.64. The minimum absolute atomic E-state index is 0.106. The smallest absolute Gasteiger partial charge is 0.320 e. The summed E-state index contributed by atoms with van der Waals surface area (Å²) in [7, 11) is -0.831. The van der Waals surface area contributed by atoms with Crippen LogP contribution in [0.25, 0.3) is 0 Å². The van der Waals surface area contributed by atoms with E-state index in [2.05, 4.69) is 0 Å². The van der Waals surface area contributed by atoms with Crippen molar-refractivity contribution in [3.63, 3.8) is 0 Å². The molecule has 2 saturated heterocycles. The van der Waals surface area contributed by atoms with Crippen molar-refractivity contribution in [2.24, 2.45) is 0 Å². The molecule has 108 valence electrons. The summed E-state index contributed by atoms with van der Waals surface area (Å²) in [6, 6.07) is -0.572. The topological polar surface area (TPSA) is 87.2 Å². The number of hydrogen-bond acceptors (Lipinski definition) is 4. The monoisotopic (exact) mass is 290 g/mol. The van der Waals surface area contributed by atoms with E-state index in [0.717, 1.165) is 0 Å². The predicted octanol–water partition coefficient (Wildman–Crippen LogP) is -0.654. The van der Waals surface area contributed by atoms with Crippen molar-refractivity contribution in [2.75, 3.05) is 44.4 Å². The molecule has 2 amide bonds. The molecule has 7 nitrogen and oxygen atoms in total. The van der Waals surface area contributed by atoms with Crippen molar-refractivity contribution >= 4 is 22.8 Å². The zero-order valence-electron chi connectivity index (χ0n) is 10.6. The Balaban J connectivity index is 1.98. The van der Waals surface area contributed by atoms with Gasteiger partial charge in [0.1, 0.15) is 0 Å². The van der Waals surface area contributed by atoms with Crippen LogP contribution in [-0.4, -0.2) is 81.5 Å². The lowest BCUT2D eigenvalue weighted by molar-refractivity contribution is -0.139. The first kappa shape index (κ1) is 14.3. The molecule has 2 aliphatic heterocycles. The van der Waals surface area contributed by atoms with Crippen molar-refractivity contribution < 1.29 is 23.6 Å². The minimum atomic E-state index is -0.937. The first-order chi connectivity index (χ1) is 9.08. The van der Waals surface area contributed by atoms with Gasteiger partial charge in [-0.2, -0.15) is 0 Å². The van der Waals surface area contributed by atoms with Crippen LogP contribution in [0.5, 0.6) is 0 Å². The second-order valence-corrected chi connectivity index (χ2v) is 6.33. The highest BCUT2D eigenvalue weighted by Crippen LogP contribution is 2.14. The summed E-state index contributed by atoms with van der Waals surface area (Å²) in [6.07, 6.45) is -0.106. The fourth-order valence-electron chi connectivity index (χ4n) is 2.29. The average molecular weight is 290 g/mol. The molecule has 2 fully saturated rings. The summed E-state index contributed by atoms with van der Waals surface area (Å²) in [5, 5.41) is 8.86. The molecule has 0 saturated carbocycles. The van der Waals surface area contributed by atoms with E-state index in [0.29, 0.717) is 37.7 Å². The number of nitrogens with zero attached hydrogens (tertiary/aromatic N) is 2. The second kappa shape index (κ2) is 6.33. The molecule has 1 unspecified atom stereocenters. The van der Waals surface area contributed by atoms with E-state index in [1.165, 1.54) is 0 Å². The number of hydrogen-bond donors (Lipinski definition) is 1. The molecule has 0 spiro atoms. The van der Waals surface area contributed by atoms with Crippen LogP contribution < -0.4 is 0 Å². The molecule has 1 atom stereocenters. The van der Waals surface area contributed by atoms with Crippen molar-refractivity contribution in [1.29, 1.82) is 0 Å². The van der Waals surface area contributed by atoms with Crippen LogP contribution >= 0.6 is 0 Å². The summed E-state index contributed by atoms with van der Waals surface area (Å²) in [6.45, 7) is 2.06. The highest BCUT2D eigenvalue weighted by atomic mass is 32.2. The average Bonchev–Trinajstić information content (AvgIpc) is 2.39. The minimum Gasteiger partial charge on any atom is -0.481 e. The SMILES string of the molecule is O=C(O)CC1COCCN1C(=O)N1CCS(=O)CC1. The third-order valence-corrected chi connectivity index (χ3v) is 4.61. The van der Waals surface area contributed by atoms with Gasteiger partial charge >= 0.3 is 12.0 Å². The Labute approximate surface area is 114 Å². The van der Waals surface area contributed by atoms with E-state index in [-0.39, 0.29) is 19.1 Å². The van der Waals surface area contributed by atoms with E-state index in [1.807, 2.05) is 0 Å². The molecule has 2 heterocycles. The number of urea groups is 1. The fraction of sp³-hybridized carbons (Fsp3) is 0.818. The number of aliphatic carboxylic acids is 1. The summed E-state index contributed by atoms with van der Waals surface area (Å²) in [5.41, 5.74) is 0. The normalized spacial score (nSPS) is 25.4. The van der Waals surface area contributed by atoms with Gasteiger partial charge in [0, 0.05) is 41.9 Å². The Kier molecular flexibility index (Phi) is 4.76. The van der Waals surface area contributed by atoms with Gasteiger partial charge in [-0.25, -0.2) is 4.79 Å². The Hall–Kier alpha value is -1.15. The first-order valence-corrected chi connectivity index (χ1v) is 7.77. The Bertz CT molecular complexity index is 379. The van der Waals surface area contributed by atoms with E-state index in [4.69, 9.17) is 9.84 Å². The van der Waals surface area contributed by atoms with Gasteiger partial charge in [0.2, 0.25) is 0 Å². The first-order valence-electron chi connectivity index (χ1n) is 6.28. The summed E-state index contributed by atoms with van der Waals surface area (Å²) < 4.78 is 16.5. The van der Waals surface area contributed by atoms with Crippen LogP contribution in [0.1, 0.15) is 6.42 Å². The summed E-state index contributed by atoms with van der Waals surface area (Å²) in [5.74, 6) is 0.0624. The van der Waals surface area contributed by atoms with E-state index >= 15 is 0 Å². The van der Waals surface area contributed by atoms with E-state index in [1.54, 1.807) is 9.80 Å². The zero-order chi connectivity index (χ0) is 13.8. The molecule has 0 aliphatic carbocycles. The molecular weight excluding hydrogens is 272 g/mol. The van der Waals surface area contributed by atoms with Crippen molar-refractivity contribution in [2.45, 2.75) is 12.5 Å². The molecule has 8 heteroatoms. The molecular formula is C11H18N2O5S. The zero-order valence-corrected chi connectivity index (χ0v) is 11.4. The third kappa shape index (κ3) is 3.66. The quantitative estimate of drug-likeness (QED) is 0.730. The molecule has 0 aromatic carbocycles. The third-order valence-electron chi connectivity index (χ3n) is 3.33. The van der Waals surface area contributed by atoms with Crippen molar-refractivity contribution in [3.05, 3.63) is 0 Å². The Morgan fingerprint density at radius 2 is 1.95 bits per heavy atom. The highest BCUT2D eigenvalue weighted by molar-refractivity contribution is 7.85. The van der Waals surface area contributed by atoms with Gasteiger partial charge in [0.05, 0.1) is 25.7 Å². The number of carboxylic acids is 1. The summed E-state index contributed by atoms with van der Waals surface area (Å²) in [4.78, 5) is 26.4. The predicted molar refractivity (Wildman–Crippen MR) is 68.4 cm³/mol.